The molecule has 1 aliphatic carbocycles. The third-order valence-electron chi connectivity index (χ3n) is 9.97. The van der Waals surface area contributed by atoms with Crippen molar-refractivity contribution in [2.24, 2.45) is 11.3 Å². The number of allylic oxidation sites excluding steroid dienone is 4. The molecule has 1 aliphatic heterocycles. The fourth-order valence-corrected chi connectivity index (χ4v) is 11.7. The minimum atomic E-state index is -2.91. The highest BCUT2D eigenvalue weighted by atomic mass is 28.4. The van der Waals surface area contributed by atoms with Crippen molar-refractivity contribution in [2.75, 3.05) is 13.2 Å². The highest BCUT2D eigenvalue weighted by Crippen LogP contribution is 2.41. The fourth-order valence-electron chi connectivity index (χ4n) is 7.11. The summed E-state index contributed by atoms with van der Waals surface area (Å²) in [7, 11) is -2.91. The maximum absolute atomic E-state index is 13.9. The number of rotatable bonds is 6. The number of esters is 1. The van der Waals surface area contributed by atoms with E-state index < -0.39 is 31.6 Å². The van der Waals surface area contributed by atoms with Gasteiger partial charge in [0.2, 0.25) is 0 Å². The molecule has 2 aromatic carbocycles. The molecule has 1 unspecified atom stereocenters. The van der Waals surface area contributed by atoms with Crippen LogP contribution in [0.4, 0.5) is 0 Å². The minimum absolute atomic E-state index is 0.0990. The average Bonchev–Trinajstić information content (AvgIpc) is 3.04. The van der Waals surface area contributed by atoms with Crippen molar-refractivity contribution in [1.29, 1.82) is 0 Å². The lowest BCUT2D eigenvalue weighted by Crippen LogP contribution is -2.66. The largest absolute Gasteiger partial charge is 0.459 e. The van der Waals surface area contributed by atoms with Gasteiger partial charge >= 0.3 is 5.97 Å². The quantitative estimate of drug-likeness (QED) is 0.130. The van der Waals surface area contributed by atoms with Crippen molar-refractivity contribution in [3.8, 4) is 0 Å². The molecule has 2 aromatic rings. The summed E-state index contributed by atoms with van der Waals surface area (Å²) < 4.78 is 26.0. The first-order valence-corrected chi connectivity index (χ1v) is 20.1. The zero-order valence-corrected chi connectivity index (χ0v) is 33.1. The number of carbonyl (C=O) groups excluding carboxylic acids is 2. The predicted octanol–water partition coefficient (Wildman–Crippen LogP) is 8.64. The first kappa shape index (κ1) is 39.7. The molecule has 1 fully saturated rings. The molecule has 0 saturated carbocycles. The Hall–Kier alpha value is -3.10. The molecule has 0 N–H and O–H groups in total. The highest BCUT2D eigenvalue weighted by molar-refractivity contribution is 6.99. The van der Waals surface area contributed by atoms with Gasteiger partial charge in [0.05, 0.1) is 19.3 Å². The van der Waals surface area contributed by atoms with Crippen LogP contribution < -0.4 is 10.4 Å². The molecule has 0 aromatic heterocycles. The Labute approximate surface area is 302 Å². The van der Waals surface area contributed by atoms with Crippen molar-refractivity contribution < 1.29 is 28.2 Å². The first-order valence-electron chi connectivity index (χ1n) is 18.2. The van der Waals surface area contributed by atoms with E-state index in [-0.39, 0.29) is 35.2 Å². The van der Waals surface area contributed by atoms with E-state index in [0.29, 0.717) is 26.1 Å². The van der Waals surface area contributed by atoms with Crippen LogP contribution in [0, 0.1) is 11.3 Å². The van der Waals surface area contributed by atoms with E-state index in [1.165, 1.54) is 10.4 Å². The summed E-state index contributed by atoms with van der Waals surface area (Å²) in [5.41, 5.74) is 1.02. The summed E-state index contributed by atoms with van der Waals surface area (Å²) >= 11 is 0. The third-order valence-corrected chi connectivity index (χ3v) is 15.0. The lowest BCUT2D eigenvalue weighted by atomic mass is 9.80. The minimum Gasteiger partial charge on any atom is -0.459 e. The highest BCUT2D eigenvalue weighted by Gasteiger charge is 2.50. The van der Waals surface area contributed by atoms with Gasteiger partial charge in [-0.15, -0.1) is 0 Å². The molecule has 6 nitrogen and oxygen atoms in total. The molecule has 0 bridgehead atoms. The van der Waals surface area contributed by atoms with Crippen LogP contribution in [-0.2, 0) is 28.2 Å². The van der Waals surface area contributed by atoms with Gasteiger partial charge in [-0.1, -0.05) is 118 Å². The zero-order chi connectivity index (χ0) is 36.8. The Morgan fingerprint density at radius 2 is 1.50 bits per heavy atom. The molecule has 272 valence electrons. The zero-order valence-electron chi connectivity index (χ0n) is 32.1. The van der Waals surface area contributed by atoms with Gasteiger partial charge in [-0.25, -0.2) is 0 Å². The van der Waals surface area contributed by atoms with Gasteiger partial charge in [-0.3, -0.25) is 9.59 Å². The number of hydrogen-bond acceptors (Lipinski definition) is 6. The number of fused-ring (bicyclic) bond motifs is 1. The van der Waals surface area contributed by atoms with Crippen LogP contribution in [0.2, 0.25) is 5.04 Å². The maximum Gasteiger partial charge on any atom is 0.317 e. The Kier molecular flexibility index (Phi) is 12.7. The predicted molar refractivity (Wildman–Crippen MR) is 205 cm³/mol. The molecule has 2 aliphatic rings. The number of benzene rings is 2. The van der Waals surface area contributed by atoms with E-state index >= 15 is 0 Å². The van der Waals surface area contributed by atoms with E-state index in [9.17, 15) is 9.59 Å². The second-order valence-electron chi connectivity index (χ2n) is 16.8. The fraction of sp³-hybridized carbons (Fsp3) is 0.535. The SMILES string of the molecule is C/C1=C(\CO[Si](c2ccccc2)(c2ccccc2)C(C)(C)C)CC(C(=O)OC(C)(C)C)C(=O)CC/C=C/C=C/[C@]2(C)COC(C)(C)O[C@@H]2CC1. The second-order valence-corrected chi connectivity index (χ2v) is 21.1. The van der Waals surface area contributed by atoms with Crippen LogP contribution in [0.3, 0.4) is 0 Å². The molecular weight excluding hydrogens is 641 g/mol. The third kappa shape index (κ3) is 9.81. The molecular formula is C43H60O6Si. The first-order chi connectivity index (χ1) is 23.4. The Balaban J connectivity index is 1.83. The van der Waals surface area contributed by atoms with E-state index in [0.717, 1.165) is 17.6 Å². The van der Waals surface area contributed by atoms with E-state index in [4.69, 9.17) is 18.6 Å². The smallest absolute Gasteiger partial charge is 0.317 e. The standard InChI is InChI=1S/C43H60O6Si/c1-32-26-27-38-43(10,31-46-42(8,9)48-38)28-20-12-11-19-25-37(44)36(39(45)49-40(2,3)4)29-33(32)30-47-50(41(5,6)7,34-21-15-13-16-22-34)35-23-17-14-18-24-35/h11-18,20-24,28,36,38H,19,25-27,29-31H2,1-10H3/b12-11+,28-20+,33-32+/t36?,38-,43-/m1/s1. The van der Waals surface area contributed by atoms with E-state index in [1.807, 2.05) is 65.0 Å². The number of carbonyl (C=O) groups is 2. The second kappa shape index (κ2) is 16.1. The van der Waals surface area contributed by atoms with Crippen molar-refractivity contribution in [3.63, 3.8) is 0 Å². The molecule has 4 rings (SSSR count). The summed E-state index contributed by atoms with van der Waals surface area (Å²) in [5, 5.41) is 2.13. The molecule has 0 amide bonds. The topological polar surface area (TPSA) is 71.1 Å². The van der Waals surface area contributed by atoms with Gasteiger partial charge in [0.15, 0.2) is 5.79 Å². The molecule has 0 radical (unpaired) electrons. The van der Waals surface area contributed by atoms with Gasteiger partial charge in [-0.2, -0.15) is 0 Å². The number of ether oxygens (including phenoxy) is 3. The lowest BCUT2D eigenvalue weighted by molar-refractivity contribution is -0.307. The van der Waals surface area contributed by atoms with Gasteiger partial charge in [0, 0.05) is 11.8 Å². The molecule has 50 heavy (non-hydrogen) atoms. The van der Waals surface area contributed by atoms with Crippen LogP contribution in [0.25, 0.3) is 0 Å². The van der Waals surface area contributed by atoms with Gasteiger partial charge in [0.25, 0.3) is 8.32 Å². The monoisotopic (exact) mass is 700 g/mol. The van der Waals surface area contributed by atoms with E-state index in [1.54, 1.807) is 0 Å². The van der Waals surface area contributed by atoms with Crippen molar-refractivity contribution in [2.45, 2.75) is 124 Å². The van der Waals surface area contributed by atoms with Crippen LogP contribution in [0.5, 0.6) is 0 Å². The van der Waals surface area contributed by atoms with Gasteiger partial charge < -0.3 is 18.6 Å². The summed E-state index contributed by atoms with van der Waals surface area (Å²) in [6, 6.07) is 21.1. The molecule has 3 atom stereocenters. The van der Waals surface area contributed by atoms with Crippen molar-refractivity contribution >= 4 is 30.4 Å². The molecule has 1 heterocycles. The molecule has 0 spiro atoms. The molecule has 7 heteroatoms. The van der Waals surface area contributed by atoms with Gasteiger partial charge in [-0.05, 0) is 88.2 Å². The number of Topliss-reactive ketones (excluding diaryl/α,β-unsaturated/α-hetero) is 1. The van der Waals surface area contributed by atoms with Crippen molar-refractivity contribution in [1.82, 2.24) is 0 Å². The van der Waals surface area contributed by atoms with Crippen LogP contribution in [0.1, 0.15) is 101 Å². The summed E-state index contributed by atoms with van der Waals surface area (Å²) in [5.74, 6) is -2.22. The Morgan fingerprint density at radius 1 is 0.900 bits per heavy atom. The number of ketones is 1. The summed E-state index contributed by atoms with van der Waals surface area (Å²) in [6.07, 6.45) is 10.5. The Morgan fingerprint density at radius 3 is 2.06 bits per heavy atom. The lowest BCUT2D eigenvalue weighted by Gasteiger charge is -2.46. The van der Waals surface area contributed by atoms with Crippen LogP contribution in [-0.4, -0.2) is 50.8 Å². The van der Waals surface area contributed by atoms with Crippen LogP contribution >= 0.6 is 0 Å². The summed E-state index contributed by atoms with van der Waals surface area (Å²) in [6.45, 7) is 21.4. The maximum atomic E-state index is 13.9. The Bertz CT molecular complexity index is 1500. The normalized spacial score (nSPS) is 27.0. The van der Waals surface area contributed by atoms with Gasteiger partial charge in [0.1, 0.15) is 17.3 Å². The van der Waals surface area contributed by atoms with Crippen molar-refractivity contribution in [3.05, 3.63) is 96.1 Å². The van der Waals surface area contributed by atoms with Crippen LogP contribution in [0.15, 0.2) is 96.1 Å². The molecule has 1 saturated heterocycles. The number of hydrogen-bond donors (Lipinski definition) is 0. The summed E-state index contributed by atoms with van der Waals surface area (Å²) in [4.78, 5) is 27.7. The van der Waals surface area contributed by atoms with E-state index in [2.05, 4.69) is 89.2 Å². The average molecular weight is 701 g/mol.